The zero-order valence-corrected chi connectivity index (χ0v) is 13.6. The fourth-order valence-corrected chi connectivity index (χ4v) is 4.19. The van der Waals surface area contributed by atoms with Gasteiger partial charge >= 0.3 is 0 Å². The van der Waals surface area contributed by atoms with Crippen molar-refractivity contribution in [2.45, 2.75) is 18.4 Å². The second-order valence-electron chi connectivity index (χ2n) is 5.71. The van der Waals surface area contributed by atoms with Gasteiger partial charge in [0.15, 0.2) is 0 Å². The van der Waals surface area contributed by atoms with Crippen molar-refractivity contribution in [1.29, 1.82) is 0 Å². The molecular weight excluding hydrogens is 294 g/mol. The van der Waals surface area contributed by atoms with Crippen molar-refractivity contribution in [2.75, 3.05) is 25.2 Å². The summed E-state index contributed by atoms with van der Waals surface area (Å²) in [5.74, 6) is 2.17. The summed E-state index contributed by atoms with van der Waals surface area (Å²) in [4.78, 5) is 12.6. The molecule has 0 aromatic heterocycles. The van der Waals surface area contributed by atoms with Crippen molar-refractivity contribution in [1.82, 2.24) is 5.32 Å². The molecule has 1 N–H and O–H groups in total. The van der Waals surface area contributed by atoms with Crippen molar-refractivity contribution in [3.63, 3.8) is 0 Å². The first-order valence-electron chi connectivity index (χ1n) is 7.63. The lowest BCUT2D eigenvalue weighted by atomic mass is 9.96. The monoisotopic (exact) mass is 315 g/mol. The lowest BCUT2D eigenvalue weighted by Crippen LogP contribution is -2.46. The third kappa shape index (κ3) is 3.13. The molecule has 1 heterocycles. The number of carbonyl (C=O) groups is 1. The van der Waals surface area contributed by atoms with Gasteiger partial charge in [0.25, 0.3) is 5.91 Å². The average molecular weight is 315 g/mol. The topological polar surface area (TPSA) is 38.3 Å². The standard InChI is InChI=1S/C18H21NO2S/c1-21-18(9-11-22-12-10-18)13-19-17(20)16-8-4-6-14-5-2-3-7-15(14)16/h2-8H,9-13H2,1H3,(H,19,20). The van der Waals surface area contributed by atoms with Crippen molar-refractivity contribution in [2.24, 2.45) is 0 Å². The molecule has 0 spiro atoms. The van der Waals surface area contributed by atoms with Crippen molar-refractivity contribution in [3.8, 4) is 0 Å². The van der Waals surface area contributed by atoms with Crippen LogP contribution in [-0.2, 0) is 4.74 Å². The van der Waals surface area contributed by atoms with Crippen molar-refractivity contribution in [3.05, 3.63) is 48.0 Å². The van der Waals surface area contributed by atoms with Crippen molar-refractivity contribution >= 4 is 28.4 Å². The number of methoxy groups -OCH3 is 1. The quantitative estimate of drug-likeness (QED) is 0.939. The minimum Gasteiger partial charge on any atom is -0.376 e. The van der Waals surface area contributed by atoms with Crippen LogP contribution in [0.5, 0.6) is 0 Å². The third-order valence-electron chi connectivity index (χ3n) is 4.44. The van der Waals surface area contributed by atoms with Gasteiger partial charge in [0.2, 0.25) is 0 Å². The second kappa shape index (κ2) is 6.71. The maximum atomic E-state index is 12.6. The van der Waals surface area contributed by atoms with Crippen LogP contribution in [0.4, 0.5) is 0 Å². The van der Waals surface area contributed by atoms with Gasteiger partial charge in [-0.25, -0.2) is 0 Å². The van der Waals surface area contributed by atoms with Crippen molar-refractivity contribution < 1.29 is 9.53 Å². The smallest absolute Gasteiger partial charge is 0.252 e. The second-order valence-corrected chi connectivity index (χ2v) is 6.93. The van der Waals surface area contributed by atoms with Crippen LogP contribution in [-0.4, -0.2) is 36.7 Å². The fraction of sp³-hybridized carbons (Fsp3) is 0.389. The number of fused-ring (bicyclic) bond motifs is 1. The molecule has 0 saturated carbocycles. The maximum Gasteiger partial charge on any atom is 0.252 e. The van der Waals surface area contributed by atoms with Gasteiger partial charge in [0, 0.05) is 19.2 Å². The highest BCUT2D eigenvalue weighted by Gasteiger charge is 2.32. The summed E-state index contributed by atoms with van der Waals surface area (Å²) >= 11 is 1.95. The van der Waals surface area contributed by atoms with E-state index in [1.165, 1.54) is 0 Å². The van der Waals surface area contributed by atoms with E-state index in [-0.39, 0.29) is 11.5 Å². The van der Waals surface area contributed by atoms with E-state index in [1.54, 1.807) is 7.11 Å². The molecule has 22 heavy (non-hydrogen) atoms. The molecular formula is C18H21NO2S. The Morgan fingerprint density at radius 2 is 1.91 bits per heavy atom. The minimum atomic E-state index is -0.203. The Morgan fingerprint density at radius 1 is 1.18 bits per heavy atom. The molecule has 2 aromatic rings. The summed E-state index contributed by atoms with van der Waals surface area (Å²) in [6, 6.07) is 13.8. The van der Waals surface area contributed by atoms with Gasteiger partial charge in [-0.3, -0.25) is 4.79 Å². The third-order valence-corrected chi connectivity index (χ3v) is 5.43. The largest absolute Gasteiger partial charge is 0.376 e. The van der Waals surface area contributed by atoms with Gasteiger partial charge in [0.1, 0.15) is 0 Å². The molecule has 0 aliphatic carbocycles. The van der Waals surface area contributed by atoms with E-state index >= 15 is 0 Å². The van der Waals surface area contributed by atoms with Crippen LogP contribution in [0.25, 0.3) is 10.8 Å². The van der Waals surface area contributed by atoms with Gasteiger partial charge in [0.05, 0.1) is 5.60 Å². The average Bonchev–Trinajstić information content (AvgIpc) is 2.60. The van der Waals surface area contributed by atoms with Crippen LogP contribution in [0.1, 0.15) is 23.2 Å². The van der Waals surface area contributed by atoms with Gasteiger partial charge in [-0.15, -0.1) is 0 Å². The first-order chi connectivity index (χ1) is 10.7. The Bertz CT molecular complexity index is 660. The zero-order chi connectivity index (χ0) is 15.4. The summed E-state index contributed by atoms with van der Waals surface area (Å²) in [6.07, 6.45) is 1.98. The van der Waals surface area contributed by atoms with E-state index in [2.05, 4.69) is 5.32 Å². The Morgan fingerprint density at radius 3 is 2.68 bits per heavy atom. The van der Waals surface area contributed by atoms with Crippen LogP contribution in [0.3, 0.4) is 0 Å². The van der Waals surface area contributed by atoms with Crippen LogP contribution in [0.2, 0.25) is 0 Å². The van der Waals surface area contributed by atoms with E-state index in [9.17, 15) is 4.79 Å². The molecule has 1 aliphatic rings. The number of thioether (sulfide) groups is 1. The summed E-state index contributed by atoms with van der Waals surface area (Å²) in [5, 5.41) is 5.16. The van der Waals surface area contributed by atoms with Gasteiger partial charge < -0.3 is 10.1 Å². The highest BCUT2D eigenvalue weighted by Crippen LogP contribution is 2.29. The number of hydrogen-bond acceptors (Lipinski definition) is 3. The van der Waals surface area contributed by atoms with E-state index in [4.69, 9.17) is 4.74 Å². The zero-order valence-electron chi connectivity index (χ0n) is 12.8. The predicted molar refractivity (Wildman–Crippen MR) is 92.6 cm³/mol. The lowest BCUT2D eigenvalue weighted by molar-refractivity contribution is -0.0149. The maximum absolute atomic E-state index is 12.6. The number of rotatable bonds is 4. The molecule has 0 atom stereocenters. The number of amides is 1. The van der Waals surface area contributed by atoms with E-state index in [0.717, 1.165) is 40.7 Å². The first kappa shape index (κ1) is 15.4. The van der Waals surface area contributed by atoms with Crippen LogP contribution >= 0.6 is 11.8 Å². The summed E-state index contributed by atoms with van der Waals surface area (Å²) < 4.78 is 5.72. The molecule has 2 aromatic carbocycles. The Labute approximate surface area is 135 Å². The Hall–Kier alpha value is -1.52. The molecule has 3 nitrogen and oxygen atoms in total. The summed E-state index contributed by atoms with van der Waals surface area (Å²) in [5.41, 5.74) is 0.528. The van der Waals surface area contributed by atoms with Gasteiger partial charge in [-0.05, 0) is 41.2 Å². The van der Waals surface area contributed by atoms with Crippen LogP contribution < -0.4 is 5.32 Å². The number of carbonyl (C=O) groups excluding carboxylic acids is 1. The highest BCUT2D eigenvalue weighted by atomic mass is 32.2. The number of nitrogens with one attached hydrogen (secondary N) is 1. The molecule has 1 amide bonds. The lowest BCUT2D eigenvalue weighted by Gasteiger charge is -2.35. The van der Waals surface area contributed by atoms with E-state index in [1.807, 2.05) is 54.2 Å². The normalized spacial score (nSPS) is 17.3. The fourth-order valence-electron chi connectivity index (χ4n) is 2.96. The molecule has 4 heteroatoms. The summed E-state index contributed by atoms with van der Waals surface area (Å²) in [7, 11) is 1.75. The molecule has 1 aliphatic heterocycles. The summed E-state index contributed by atoms with van der Waals surface area (Å²) in [6.45, 7) is 0.576. The highest BCUT2D eigenvalue weighted by molar-refractivity contribution is 7.99. The molecule has 1 saturated heterocycles. The Balaban J connectivity index is 1.76. The predicted octanol–water partition coefficient (Wildman–Crippen LogP) is 3.48. The molecule has 0 radical (unpaired) electrons. The van der Waals surface area contributed by atoms with Gasteiger partial charge in [-0.1, -0.05) is 36.4 Å². The molecule has 0 unspecified atom stereocenters. The SMILES string of the molecule is COC1(CNC(=O)c2cccc3ccccc23)CCSCC1. The number of benzene rings is 2. The first-order valence-corrected chi connectivity index (χ1v) is 8.78. The number of hydrogen-bond donors (Lipinski definition) is 1. The van der Waals surface area contributed by atoms with E-state index in [0.29, 0.717) is 6.54 Å². The van der Waals surface area contributed by atoms with Crippen LogP contribution in [0.15, 0.2) is 42.5 Å². The minimum absolute atomic E-state index is 0.0218. The molecule has 0 bridgehead atoms. The van der Waals surface area contributed by atoms with Gasteiger partial charge in [-0.2, -0.15) is 11.8 Å². The van der Waals surface area contributed by atoms with Crippen LogP contribution in [0, 0.1) is 0 Å². The number of ether oxygens (including phenoxy) is 1. The molecule has 3 rings (SSSR count). The molecule has 116 valence electrons. The Kier molecular flexibility index (Phi) is 4.69. The van der Waals surface area contributed by atoms with E-state index < -0.39 is 0 Å². The molecule has 1 fully saturated rings.